The Balaban J connectivity index is 1.61. The van der Waals surface area contributed by atoms with Crippen LogP contribution in [0, 0.1) is 0 Å². The Morgan fingerprint density at radius 2 is 2.19 bits per heavy atom. The van der Waals surface area contributed by atoms with Crippen LogP contribution in [0.1, 0.15) is 12.8 Å². The zero-order valence-electron chi connectivity index (χ0n) is 11.5. The summed E-state index contributed by atoms with van der Waals surface area (Å²) in [6.07, 6.45) is 2.18. The van der Waals surface area contributed by atoms with E-state index in [1.54, 1.807) is 6.07 Å². The smallest absolute Gasteiger partial charge is 0.230 e. The molecule has 0 radical (unpaired) electrons. The number of nitrogens with one attached hydrogen (secondary N) is 1. The Labute approximate surface area is 132 Å². The van der Waals surface area contributed by atoms with Crippen molar-refractivity contribution in [3.05, 3.63) is 11.2 Å². The van der Waals surface area contributed by atoms with E-state index in [1.165, 1.54) is 11.8 Å². The fraction of sp³-hybridized carbons (Fsp3) is 0.615. The van der Waals surface area contributed by atoms with Crippen molar-refractivity contribution in [3.8, 4) is 0 Å². The molecule has 1 aromatic rings. The minimum atomic E-state index is 0.0269. The second-order valence-corrected chi connectivity index (χ2v) is 6.39. The maximum Gasteiger partial charge on any atom is 0.230 e. The number of amides is 1. The quantitative estimate of drug-likeness (QED) is 0.500. The lowest BCUT2D eigenvalue weighted by Gasteiger charge is -2.27. The van der Waals surface area contributed by atoms with Gasteiger partial charge in [-0.2, -0.15) is 0 Å². The summed E-state index contributed by atoms with van der Waals surface area (Å²) in [5.74, 6) is 1.14. The van der Waals surface area contributed by atoms with Gasteiger partial charge in [0, 0.05) is 25.2 Å². The van der Waals surface area contributed by atoms with Crippen LogP contribution in [0.4, 0.5) is 5.82 Å². The zero-order valence-corrected chi connectivity index (χ0v) is 13.1. The van der Waals surface area contributed by atoms with Crippen LogP contribution in [0.5, 0.6) is 0 Å². The van der Waals surface area contributed by atoms with E-state index in [2.05, 4.69) is 20.2 Å². The van der Waals surface area contributed by atoms with Crippen molar-refractivity contribution in [1.82, 2.24) is 15.3 Å². The first-order valence-electron chi connectivity index (χ1n) is 7.00. The molecule has 1 aromatic heterocycles. The van der Waals surface area contributed by atoms with Gasteiger partial charge in [0.15, 0.2) is 5.16 Å². The zero-order chi connectivity index (χ0) is 14.7. The van der Waals surface area contributed by atoms with E-state index >= 15 is 0 Å². The molecule has 2 aliphatic rings. The fourth-order valence-electron chi connectivity index (χ4n) is 2.03. The van der Waals surface area contributed by atoms with Gasteiger partial charge in [0.2, 0.25) is 5.91 Å². The summed E-state index contributed by atoms with van der Waals surface area (Å²) < 4.78 is 5.33. The van der Waals surface area contributed by atoms with Crippen LogP contribution in [0.2, 0.25) is 5.15 Å². The van der Waals surface area contributed by atoms with Crippen molar-refractivity contribution in [3.63, 3.8) is 0 Å². The maximum atomic E-state index is 11.7. The van der Waals surface area contributed by atoms with Gasteiger partial charge in [0.1, 0.15) is 11.0 Å². The highest BCUT2D eigenvalue weighted by Gasteiger charge is 2.23. The van der Waals surface area contributed by atoms with Gasteiger partial charge in [0.05, 0.1) is 19.0 Å². The Morgan fingerprint density at radius 1 is 1.43 bits per heavy atom. The highest BCUT2D eigenvalue weighted by molar-refractivity contribution is 7.99. The summed E-state index contributed by atoms with van der Waals surface area (Å²) >= 11 is 7.37. The maximum absolute atomic E-state index is 11.7. The van der Waals surface area contributed by atoms with Crippen molar-refractivity contribution in [2.75, 3.05) is 37.0 Å². The fourth-order valence-corrected chi connectivity index (χ4v) is 2.92. The number of carbonyl (C=O) groups is 1. The van der Waals surface area contributed by atoms with Gasteiger partial charge in [-0.15, -0.1) is 0 Å². The lowest BCUT2D eigenvalue weighted by molar-refractivity contribution is -0.118. The molecule has 21 heavy (non-hydrogen) atoms. The van der Waals surface area contributed by atoms with E-state index in [1.807, 2.05) is 0 Å². The number of thioether (sulfide) groups is 1. The van der Waals surface area contributed by atoms with Crippen LogP contribution in [0.15, 0.2) is 11.2 Å². The number of hydrogen-bond donors (Lipinski definition) is 1. The van der Waals surface area contributed by atoms with Gasteiger partial charge in [-0.1, -0.05) is 23.4 Å². The normalized spacial score (nSPS) is 18.6. The third-order valence-electron chi connectivity index (χ3n) is 3.27. The number of hydrogen-bond acceptors (Lipinski definition) is 6. The molecule has 1 aliphatic carbocycles. The predicted octanol–water partition coefficient (Wildman–Crippen LogP) is 1.34. The van der Waals surface area contributed by atoms with E-state index in [4.69, 9.17) is 16.3 Å². The van der Waals surface area contributed by atoms with Gasteiger partial charge in [-0.25, -0.2) is 9.97 Å². The summed E-state index contributed by atoms with van der Waals surface area (Å²) in [6.45, 7) is 2.96. The highest BCUT2D eigenvalue weighted by atomic mass is 35.5. The SMILES string of the molecule is O=C(CSc1nc(Cl)cc(N2CCOCC2)n1)NC1CC1. The average molecular weight is 329 g/mol. The number of ether oxygens (including phenoxy) is 1. The van der Waals surface area contributed by atoms with Gasteiger partial charge in [-0.05, 0) is 12.8 Å². The van der Waals surface area contributed by atoms with Crippen molar-refractivity contribution in [1.29, 1.82) is 0 Å². The van der Waals surface area contributed by atoms with Crippen molar-refractivity contribution >= 4 is 35.1 Å². The highest BCUT2D eigenvalue weighted by Crippen LogP contribution is 2.23. The molecular weight excluding hydrogens is 312 g/mol. The molecule has 1 saturated heterocycles. The Kier molecular flexibility index (Phi) is 4.82. The molecule has 0 unspecified atom stereocenters. The molecule has 1 N–H and O–H groups in total. The lowest BCUT2D eigenvalue weighted by Crippen LogP contribution is -2.36. The second kappa shape index (κ2) is 6.81. The molecule has 1 aliphatic heterocycles. The first-order valence-corrected chi connectivity index (χ1v) is 8.36. The van der Waals surface area contributed by atoms with E-state index < -0.39 is 0 Å². The number of nitrogens with zero attached hydrogens (tertiary/aromatic N) is 3. The molecule has 0 bridgehead atoms. The molecule has 1 amide bonds. The largest absolute Gasteiger partial charge is 0.378 e. The Morgan fingerprint density at radius 3 is 2.90 bits per heavy atom. The standard InChI is InChI=1S/C13H17ClN4O2S/c14-10-7-11(18-3-5-20-6-4-18)17-13(16-10)21-8-12(19)15-9-1-2-9/h7,9H,1-6,8H2,(H,15,19). The molecule has 8 heteroatoms. The van der Waals surface area contributed by atoms with Crippen molar-refractivity contribution in [2.24, 2.45) is 0 Å². The molecule has 2 heterocycles. The van der Waals surface area contributed by atoms with Gasteiger partial charge in [0.25, 0.3) is 0 Å². The van der Waals surface area contributed by atoms with Gasteiger partial charge < -0.3 is 15.0 Å². The molecule has 0 atom stereocenters. The van der Waals surface area contributed by atoms with Crippen LogP contribution in [-0.4, -0.2) is 54.0 Å². The average Bonchev–Trinajstić information content (AvgIpc) is 3.29. The summed E-state index contributed by atoms with van der Waals surface area (Å²) in [4.78, 5) is 22.5. The topological polar surface area (TPSA) is 67.4 Å². The summed E-state index contributed by atoms with van der Waals surface area (Å²) in [5, 5.41) is 3.88. The Bertz CT molecular complexity index is 521. The molecule has 2 fully saturated rings. The summed E-state index contributed by atoms with van der Waals surface area (Å²) in [6, 6.07) is 2.13. The van der Waals surface area contributed by atoms with Crippen LogP contribution in [0.3, 0.4) is 0 Å². The summed E-state index contributed by atoms with van der Waals surface area (Å²) in [5.41, 5.74) is 0. The molecule has 0 aromatic carbocycles. The monoisotopic (exact) mass is 328 g/mol. The predicted molar refractivity (Wildman–Crippen MR) is 82.0 cm³/mol. The molecule has 3 rings (SSSR count). The van der Waals surface area contributed by atoms with Crippen LogP contribution < -0.4 is 10.2 Å². The van der Waals surface area contributed by atoms with Crippen LogP contribution >= 0.6 is 23.4 Å². The second-order valence-electron chi connectivity index (χ2n) is 5.06. The first-order chi connectivity index (χ1) is 10.2. The number of carbonyl (C=O) groups excluding carboxylic acids is 1. The number of rotatable bonds is 5. The van der Waals surface area contributed by atoms with Gasteiger partial charge >= 0.3 is 0 Å². The van der Waals surface area contributed by atoms with Crippen molar-refractivity contribution < 1.29 is 9.53 Å². The van der Waals surface area contributed by atoms with Gasteiger partial charge in [-0.3, -0.25) is 4.79 Å². The molecule has 0 spiro atoms. The van der Waals surface area contributed by atoms with Crippen LogP contribution in [0.25, 0.3) is 0 Å². The lowest BCUT2D eigenvalue weighted by atomic mass is 10.4. The molecule has 6 nitrogen and oxygen atoms in total. The first kappa shape index (κ1) is 14.9. The number of anilines is 1. The van der Waals surface area contributed by atoms with E-state index in [-0.39, 0.29) is 5.91 Å². The van der Waals surface area contributed by atoms with E-state index in [0.29, 0.717) is 35.3 Å². The minimum absolute atomic E-state index is 0.0269. The van der Waals surface area contributed by atoms with E-state index in [0.717, 1.165) is 31.7 Å². The van der Waals surface area contributed by atoms with Crippen LogP contribution in [-0.2, 0) is 9.53 Å². The minimum Gasteiger partial charge on any atom is -0.378 e. The Hall–Kier alpha value is -1.05. The van der Waals surface area contributed by atoms with Crippen molar-refractivity contribution in [2.45, 2.75) is 24.0 Å². The molecule has 1 saturated carbocycles. The molecule has 114 valence electrons. The third kappa shape index (κ3) is 4.46. The van der Waals surface area contributed by atoms with E-state index in [9.17, 15) is 4.79 Å². The molecular formula is C13H17ClN4O2S. The third-order valence-corrected chi connectivity index (χ3v) is 4.31. The number of aromatic nitrogens is 2. The number of halogens is 1. The summed E-state index contributed by atoms with van der Waals surface area (Å²) in [7, 11) is 0. The number of morpholine rings is 1.